The van der Waals surface area contributed by atoms with Crippen LogP contribution in [-0.4, -0.2) is 59.7 Å². The highest BCUT2D eigenvalue weighted by molar-refractivity contribution is 7.12. The zero-order valence-corrected chi connectivity index (χ0v) is 13.4. The van der Waals surface area contributed by atoms with Gasteiger partial charge in [-0.25, -0.2) is 0 Å². The Bertz CT molecular complexity index is 535. The molecular weight excluding hydrogens is 286 g/mol. The summed E-state index contributed by atoms with van der Waals surface area (Å²) in [6, 6.07) is 4.01. The summed E-state index contributed by atoms with van der Waals surface area (Å²) in [4.78, 5) is 23.6. The molecule has 2 aliphatic rings. The van der Waals surface area contributed by atoms with Crippen molar-refractivity contribution in [1.82, 2.24) is 9.80 Å². The minimum absolute atomic E-state index is 0.0635. The zero-order valence-electron chi connectivity index (χ0n) is 12.5. The maximum atomic E-state index is 12.7. The average Bonchev–Trinajstić information content (AvgIpc) is 3.16. The van der Waals surface area contributed by atoms with Crippen LogP contribution in [0.3, 0.4) is 0 Å². The first-order valence-corrected chi connectivity index (χ1v) is 8.31. The highest BCUT2D eigenvalue weighted by atomic mass is 32.1. The molecule has 0 saturated carbocycles. The molecule has 5 nitrogen and oxygen atoms in total. The quantitative estimate of drug-likeness (QED) is 0.855. The number of carbonyl (C=O) groups excluding carboxylic acids is 1. The fourth-order valence-corrected chi connectivity index (χ4v) is 3.54. The van der Waals surface area contributed by atoms with Crippen molar-refractivity contribution in [2.45, 2.75) is 25.9 Å². The van der Waals surface area contributed by atoms with Crippen molar-refractivity contribution in [1.29, 1.82) is 0 Å². The lowest BCUT2D eigenvalue weighted by molar-refractivity contribution is -0.155. The molecule has 1 saturated heterocycles. The predicted octanol–water partition coefficient (Wildman–Crippen LogP) is 1.80. The lowest BCUT2D eigenvalue weighted by Gasteiger charge is -2.37. The molecule has 1 fully saturated rings. The molecule has 0 aliphatic carbocycles. The van der Waals surface area contributed by atoms with Crippen molar-refractivity contribution in [3.8, 4) is 0 Å². The third-order valence-corrected chi connectivity index (χ3v) is 5.15. The average molecular weight is 307 g/mol. The first kappa shape index (κ1) is 14.5. The van der Waals surface area contributed by atoms with Crippen molar-refractivity contribution in [2.24, 2.45) is 5.16 Å². The molecule has 0 bridgehead atoms. The van der Waals surface area contributed by atoms with E-state index in [0.717, 1.165) is 43.3 Å². The van der Waals surface area contributed by atoms with E-state index in [1.165, 1.54) is 0 Å². The van der Waals surface area contributed by atoms with Crippen LogP contribution in [0.15, 0.2) is 22.7 Å². The standard InChI is InChI=1S/C15H21N3O2S/c1-3-17-6-8-18(9-7-17)14(19)15(2)11-12(16-20-15)13-5-4-10-21-13/h4-5,10H,3,6-9,11H2,1-2H3. The van der Waals surface area contributed by atoms with E-state index in [9.17, 15) is 4.79 Å². The Morgan fingerprint density at radius 1 is 1.43 bits per heavy atom. The van der Waals surface area contributed by atoms with Gasteiger partial charge in [-0.3, -0.25) is 4.79 Å². The number of likely N-dealkylation sites (N-methyl/N-ethyl adjacent to an activating group) is 1. The number of hydrogen-bond acceptors (Lipinski definition) is 5. The maximum Gasteiger partial charge on any atom is 0.269 e. The van der Waals surface area contributed by atoms with E-state index in [0.29, 0.717) is 6.42 Å². The number of thiophene rings is 1. The number of nitrogens with zero attached hydrogens (tertiary/aromatic N) is 3. The second-order valence-corrected chi connectivity index (χ2v) is 6.69. The number of piperazine rings is 1. The van der Waals surface area contributed by atoms with Gasteiger partial charge in [0.2, 0.25) is 5.60 Å². The van der Waals surface area contributed by atoms with E-state index in [1.54, 1.807) is 11.3 Å². The Balaban J connectivity index is 1.63. The van der Waals surface area contributed by atoms with Crippen LogP contribution in [0.1, 0.15) is 25.1 Å². The molecule has 6 heteroatoms. The second-order valence-electron chi connectivity index (χ2n) is 5.74. The summed E-state index contributed by atoms with van der Waals surface area (Å²) < 4.78 is 0. The van der Waals surface area contributed by atoms with Gasteiger partial charge in [0.05, 0.1) is 4.88 Å². The van der Waals surface area contributed by atoms with Crippen LogP contribution in [0.2, 0.25) is 0 Å². The molecule has 2 aliphatic heterocycles. The first-order chi connectivity index (χ1) is 10.1. The number of oxime groups is 1. The SMILES string of the molecule is CCN1CCN(C(=O)C2(C)CC(c3cccs3)=NO2)CC1. The highest BCUT2D eigenvalue weighted by Crippen LogP contribution is 2.30. The monoisotopic (exact) mass is 307 g/mol. The van der Waals surface area contributed by atoms with Gasteiger partial charge < -0.3 is 14.6 Å². The van der Waals surface area contributed by atoms with Crippen molar-refractivity contribution in [3.63, 3.8) is 0 Å². The zero-order chi connectivity index (χ0) is 14.9. The minimum atomic E-state index is -0.840. The molecule has 1 aromatic heterocycles. The molecule has 114 valence electrons. The third-order valence-electron chi connectivity index (χ3n) is 4.23. The summed E-state index contributed by atoms with van der Waals surface area (Å²) in [6.07, 6.45) is 0.556. The van der Waals surface area contributed by atoms with Crippen LogP contribution in [0.25, 0.3) is 0 Å². The smallest absolute Gasteiger partial charge is 0.269 e. The molecule has 1 aromatic rings. The van der Waals surface area contributed by atoms with Gasteiger partial charge in [-0.05, 0) is 24.9 Å². The third kappa shape index (κ3) is 2.82. The Labute approximate surface area is 129 Å². The van der Waals surface area contributed by atoms with Crippen molar-refractivity contribution >= 4 is 23.0 Å². The molecule has 3 heterocycles. The predicted molar refractivity (Wildman–Crippen MR) is 83.7 cm³/mol. The van der Waals surface area contributed by atoms with Gasteiger partial charge in [0.25, 0.3) is 5.91 Å². The van der Waals surface area contributed by atoms with Gasteiger partial charge in [-0.2, -0.15) is 0 Å². The summed E-state index contributed by atoms with van der Waals surface area (Å²) in [5.74, 6) is 0.0635. The Hall–Kier alpha value is -1.40. The molecular formula is C15H21N3O2S. The topological polar surface area (TPSA) is 45.1 Å². The Kier molecular flexibility index (Phi) is 3.99. The lowest BCUT2D eigenvalue weighted by Crippen LogP contribution is -2.54. The second kappa shape index (κ2) is 5.77. The van der Waals surface area contributed by atoms with Crippen molar-refractivity contribution in [3.05, 3.63) is 22.4 Å². The van der Waals surface area contributed by atoms with E-state index in [2.05, 4.69) is 17.0 Å². The summed E-state index contributed by atoms with van der Waals surface area (Å²) in [5.41, 5.74) is 0.0429. The van der Waals surface area contributed by atoms with Crippen LogP contribution in [0.5, 0.6) is 0 Å². The fourth-order valence-electron chi connectivity index (χ4n) is 2.83. The highest BCUT2D eigenvalue weighted by Gasteiger charge is 2.45. The molecule has 0 radical (unpaired) electrons. The minimum Gasteiger partial charge on any atom is -0.379 e. The number of carbonyl (C=O) groups is 1. The molecule has 1 atom stereocenters. The van der Waals surface area contributed by atoms with E-state index in [-0.39, 0.29) is 5.91 Å². The van der Waals surface area contributed by atoms with Gasteiger partial charge in [0.15, 0.2) is 0 Å². The largest absolute Gasteiger partial charge is 0.379 e. The molecule has 0 aromatic carbocycles. The Morgan fingerprint density at radius 3 is 2.81 bits per heavy atom. The number of hydrogen-bond donors (Lipinski definition) is 0. The van der Waals surface area contributed by atoms with E-state index in [4.69, 9.17) is 4.84 Å². The van der Waals surface area contributed by atoms with Crippen molar-refractivity contribution in [2.75, 3.05) is 32.7 Å². The van der Waals surface area contributed by atoms with Gasteiger partial charge in [-0.1, -0.05) is 18.1 Å². The van der Waals surface area contributed by atoms with Crippen LogP contribution in [-0.2, 0) is 9.63 Å². The van der Waals surface area contributed by atoms with Gasteiger partial charge in [0, 0.05) is 32.6 Å². The van der Waals surface area contributed by atoms with Gasteiger partial charge in [-0.15, -0.1) is 11.3 Å². The van der Waals surface area contributed by atoms with Crippen molar-refractivity contribution < 1.29 is 9.63 Å². The van der Waals surface area contributed by atoms with E-state index < -0.39 is 5.60 Å². The summed E-state index contributed by atoms with van der Waals surface area (Å²) in [7, 11) is 0. The first-order valence-electron chi connectivity index (χ1n) is 7.43. The normalized spacial score (nSPS) is 26.6. The van der Waals surface area contributed by atoms with Crippen LogP contribution in [0, 0.1) is 0 Å². The number of rotatable bonds is 3. The molecule has 0 N–H and O–H groups in total. The number of amides is 1. The van der Waals surface area contributed by atoms with Crippen LogP contribution >= 0.6 is 11.3 Å². The molecule has 21 heavy (non-hydrogen) atoms. The Morgan fingerprint density at radius 2 is 2.19 bits per heavy atom. The van der Waals surface area contributed by atoms with E-state index in [1.807, 2.05) is 29.3 Å². The summed E-state index contributed by atoms with van der Waals surface area (Å²) in [6.45, 7) is 8.49. The van der Waals surface area contributed by atoms with Gasteiger partial charge in [0.1, 0.15) is 5.71 Å². The summed E-state index contributed by atoms with van der Waals surface area (Å²) >= 11 is 1.63. The molecule has 3 rings (SSSR count). The molecule has 1 amide bonds. The molecule has 1 unspecified atom stereocenters. The van der Waals surface area contributed by atoms with Crippen LogP contribution in [0.4, 0.5) is 0 Å². The maximum absolute atomic E-state index is 12.7. The lowest BCUT2D eigenvalue weighted by atomic mass is 9.97. The fraction of sp³-hybridized carbons (Fsp3) is 0.600. The van der Waals surface area contributed by atoms with E-state index >= 15 is 0 Å². The molecule has 0 spiro atoms. The van der Waals surface area contributed by atoms with Gasteiger partial charge >= 0.3 is 0 Å². The van der Waals surface area contributed by atoms with Crippen LogP contribution < -0.4 is 0 Å². The summed E-state index contributed by atoms with van der Waals surface area (Å²) in [5, 5.41) is 6.16.